The Hall–Kier alpha value is -1.19. The van der Waals surface area contributed by atoms with Gasteiger partial charge >= 0.3 is 0 Å². The topological polar surface area (TPSA) is 38.9 Å². The van der Waals surface area contributed by atoms with Crippen LogP contribution in [0.25, 0.3) is 10.4 Å². The molecule has 72 valence electrons. The number of nitrogens with zero attached hydrogens (tertiary/aromatic N) is 1. The van der Waals surface area contributed by atoms with E-state index >= 15 is 0 Å². The third-order valence-corrected chi connectivity index (χ3v) is 3.36. The fourth-order valence-corrected chi connectivity index (χ4v) is 2.21. The van der Waals surface area contributed by atoms with Crippen molar-refractivity contribution in [3.63, 3.8) is 0 Å². The largest absolute Gasteiger partial charge is 0.324 e. The molecular weight excluding hydrogens is 192 g/mol. The summed E-state index contributed by atoms with van der Waals surface area (Å²) < 4.78 is 0. The van der Waals surface area contributed by atoms with E-state index in [0.29, 0.717) is 0 Å². The maximum Gasteiger partial charge on any atom is 0.0361 e. The maximum atomic E-state index is 5.80. The molecule has 0 saturated heterocycles. The molecular formula is C11H12N2S. The first-order valence-electron chi connectivity index (χ1n) is 4.53. The molecule has 3 heteroatoms. The van der Waals surface area contributed by atoms with E-state index in [2.05, 4.69) is 23.2 Å². The lowest BCUT2D eigenvalue weighted by Crippen LogP contribution is -2.01. The van der Waals surface area contributed by atoms with Crippen LogP contribution in [0.1, 0.15) is 17.8 Å². The van der Waals surface area contributed by atoms with Gasteiger partial charge in [-0.05, 0) is 25.1 Å². The van der Waals surface area contributed by atoms with Gasteiger partial charge in [0, 0.05) is 33.8 Å². The Morgan fingerprint density at radius 2 is 2.21 bits per heavy atom. The molecule has 0 fully saturated rings. The van der Waals surface area contributed by atoms with Gasteiger partial charge in [0.2, 0.25) is 0 Å². The van der Waals surface area contributed by atoms with Gasteiger partial charge < -0.3 is 5.73 Å². The summed E-state index contributed by atoms with van der Waals surface area (Å²) in [6.07, 6.45) is 3.65. The van der Waals surface area contributed by atoms with Crippen molar-refractivity contribution in [1.82, 2.24) is 4.98 Å². The predicted octanol–water partition coefficient (Wildman–Crippen LogP) is 2.83. The monoisotopic (exact) mass is 204 g/mol. The predicted molar refractivity (Wildman–Crippen MR) is 60.2 cm³/mol. The highest BCUT2D eigenvalue weighted by Gasteiger charge is 2.05. The van der Waals surface area contributed by atoms with Crippen LogP contribution in [0.5, 0.6) is 0 Å². The van der Waals surface area contributed by atoms with Crippen molar-refractivity contribution < 1.29 is 0 Å². The molecule has 0 aliphatic heterocycles. The van der Waals surface area contributed by atoms with E-state index < -0.39 is 0 Å². The van der Waals surface area contributed by atoms with Gasteiger partial charge in [-0.3, -0.25) is 4.98 Å². The van der Waals surface area contributed by atoms with Crippen molar-refractivity contribution in [3.05, 3.63) is 41.5 Å². The van der Waals surface area contributed by atoms with E-state index in [9.17, 15) is 0 Å². The van der Waals surface area contributed by atoms with Gasteiger partial charge in [0.25, 0.3) is 0 Å². The van der Waals surface area contributed by atoms with Crippen LogP contribution in [0.2, 0.25) is 0 Å². The normalized spacial score (nSPS) is 12.7. The van der Waals surface area contributed by atoms with Gasteiger partial charge in [-0.1, -0.05) is 6.07 Å². The number of pyridine rings is 1. The lowest BCUT2D eigenvalue weighted by molar-refractivity contribution is 0.838. The second kappa shape index (κ2) is 3.90. The molecule has 0 spiro atoms. The first-order chi connectivity index (χ1) is 6.77. The summed E-state index contributed by atoms with van der Waals surface area (Å²) in [6, 6.07) is 8.30. The molecule has 14 heavy (non-hydrogen) atoms. The first-order valence-corrected chi connectivity index (χ1v) is 5.35. The molecule has 0 amide bonds. The third kappa shape index (κ3) is 1.84. The molecule has 0 aromatic carbocycles. The van der Waals surface area contributed by atoms with Crippen LogP contribution in [0.3, 0.4) is 0 Å². The molecule has 0 aliphatic rings. The van der Waals surface area contributed by atoms with Gasteiger partial charge in [0.1, 0.15) is 0 Å². The van der Waals surface area contributed by atoms with E-state index in [1.165, 1.54) is 9.75 Å². The zero-order valence-electron chi connectivity index (χ0n) is 7.97. The minimum Gasteiger partial charge on any atom is -0.324 e. The zero-order valence-corrected chi connectivity index (χ0v) is 8.79. The van der Waals surface area contributed by atoms with Crippen LogP contribution in [-0.2, 0) is 0 Å². The van der Waals surface area contributed by atoms with Gasteiger partial charge in [-0.25, -0.2) is 0 Å². The highest BCUT2D eigenvalue weighted by Crippen LogP contribution is 2.29. The molecule has 0 radical (unpaired) electrons. The van der Waals surface area contributed by atoms with E-state index in [-0.39, 0.29) is 6.04 Å². The smallest absolute Gasteiger partial charge is 0.0361 e. The van der Waals surface area contributed by atoms with Crippen molar-refractivity contribution >= 4 is 11.3 Å². The molecule has 0 bridgehead atoms. The minimum atomic E-state index is 0.116. The van der Waals surface area contributed by atoms with Crippen molar-refractivity contribution in [3.8, 4) is 10.4 Å². The molecule has 2 N–H and O–H groups in total. The molecule has 2 aromatic rings. The summed E-state index contributed by atoms with van der Waals surface area (Å²) in [5.74, 6) is 0. The number of nitrogens with two attached hydrogens (primary N) is 1. The molecule has 0 saturated carbocycles. The molecule has 1 unspecified atom stereocenters. The summed E-state index contributed by atoms with van der Waals surface area (Å²) in [4.78, 5) is 6.53. The SMILES string of the molecule is CC(N)c1ccc(-c2cccnc2)s1. The van der Waals surface area contributed by atoms with Gasteiger partial charge in [0.05, 0.1) is 0 Å². The first kappa shape index (κ1) is 9.37. The summed E-state index contributed by atoms with van der Waals surface area (Å²) in [6.45, 7) is 2.00. The molecule has 2 aromatic heterocycles. The Balaban J connectivity index is 2.34. The highest BCUT2D eigenvalue weighted by molar-refractivity contribution is 7.15. The highest BCUT2D eigenvalue weighted by atomic mass is 32.1. The van der Waals surface area contributed by atoms with Crippen LogP contribution in [0.4, 0.5) is 0 Å². The van der Waals surface area contributed by atoms with Gasteiger partial charge in [0.15, 0.2) is 0 Å². The molecule has 2 rings (SSSR count). The van der Waals surface area contributed by atoms with Crippen LogP contribution in [0.15, 0.2) is 36.7 Å². The second-order valence-electron chi connectivity index (χ2n) is 3.23. The average Bonchev–Trinajstić information content (AvgIpc) is 2.68. The zero-order chi connectivity index (χ0) is 9.97. The number of rotatable bonds is 2. The van der Waals surface area contributed by atoms with Crippen molar-refractivity contribution in [1.29, 1.82) is 0 Å². The van der Waals surface area contributed by atoms with Gasteiger partial charge in [-0.15, -0.1) is 11.3 Å². The Morgan fingerprint density at radius 1 is 1.36 bits per heavy atom. The van der Waals surface area contributed by atoms with Crippen molar-refractivity contribution in [2.75, 3.05) is 0 Å². The molecule has 2 heterocycles. The fraction of sp³-hybridized carbons (Fsp3) is 0.182. The minimum absolute atomic E-state index is 0.116. The summed E-state index contributed by atoms with van der Waals surface area (Å²) in [5.41, 5.74) is 6.96. The summed E-state index contributed by atoms with van der Waals surface area (Å²) in [5, 5.41) is 0. The van der Waals surface area contributed by atoms with Crippen molar-refractivity contribution in [2.24, 2.45) is 5.73 Å². The van der Waals surface area contributed by atoms with E-state index in [1.54, 1.807) is 17.5 Å². The number of aromatic nitrogens is 1. The van der Waals surface area contributed by atoms with E-state index in [4.69, 9.17) is 5.73 Å². The van der Waals surface area contributed by atoms with Gasteiger partial charge in [-0.2, -0.15) is 0 Å². The Kier molecular flexibility index (Phi) is 2.61. The lowest BCUT2D eigenvalue weighted by Gasteiger charge is -1.98. The van der Waals surface area contributed by atoms with Crippen LogP contribution in [0, 0.1) is 0 Å². The summed E-state index contributed by atoms with van der Waals surface area (Å²) >= 11 is 1.73. The molecule has 0 aliphatic carbocycles. The second-order valence-corrected chi connectivity index (χ2v) is 4.35. The summed E-state index contributed by atoms with van der Waals surface area (Å²) in [7, 11) is 0. The third-order valence-electron chi connectivity index (χ3n) is 2.02. The van der Waals surface area contributed by atoms with Crippen LogP contribution < -0.4 is 5.73 Å². The van der Waals surface area contributed by atoms with E-state index in [1.807, 2.05) is 19.2 Å². The molecule has 1 atom stereocenters. The maximum absolute atomic E-state index is 5.80. The number of hydrogen-bond donors (Lipinski definition) is 1. The Morgan fingerprint density at radius 3 is 2.79 bits per heavy atom. The number of hydrogen-bond acceptors (Lipinski definition) is 3. The fourth-order valence-electron chi connectivity index (χ4n) is 1.26. The lowest BCUT2D eigenvalue weighted by atomic mass is 10.2. The number of thiophene rings is 1. The Bertz CT molecular complexity index is 406. The van der Waals surface area contributed by atoms with Crippen molar-refractivity contribution in [2.45, 2.75) is 13.0 Å². The average molecular weight is 204 g/mol. The molecule has 2 nitrogen and oxygen atoms in total. The van der Waals surface area contributed by atoms with E-state index in [0.717, 1.165) is 5.56 Å². The van der Waals surface area contributed by atoms with Crippen LogP contribution in [-0.4, -0.2) is 4.98 Å². The Labute approximate surface area is 87.4 Å². The standard InChI is InChI=1S/C11H12N2S/c1-8(12)10-4-5-11(14-10)9-3-2-6-13-7-9/h2-8H,12H2,1H3. The quantitative estimate of drug-likeness (QED) is 0.817. The van der Waals surface area contributed by atoms with Crippen LogP contribution >= 0.6 is 11.3 Å².